The lowest BCUT2D eigenvalue weighted by atomic mass is 9.96. The second-order valence-corrected chi connectivity index (χ2v) is 10.8. The number of nitrogens with zero attached hydrogens (tertiary/aromatic N) is 2. The number of amides is 1. The molecule has 6 nitrogen and oxygen atoms in total. The number of nitrogens with two attached hydrogens (primary N) is 1. The molecule has 1 amide bonds. The van der Waals surface area contributed by atoms with Crippen LogP contribution in [0.5, 0.6) is 5.75 Å². The summed E-state index contributed by atoms with van der Waals surface area (Å²) < 4.78 is 0.931. The number of carbonyl (C=O) groups is 1. The van der Waals surface area contributed by atoms with Gasteiger partial charge < -0.3 is 16.2 Å². The Balaban J connectivity index is 1.71. The van der Waals surface area contributed by atoms with Gasteiger partial charge in [-0.1, -0.05) is 53.2 Å². The molecule has 190 valence electrons. The SMILES string of the molecule is CCCc1ccc2c(Nc3c(Sc4ccc(O)cc4)ccc(C(N)=O)c3-c3ccc(Br)cc3)ccnc2n1. The molecule has 0 atom stereocenters. The number of phenols is 1. The van der Waals surface area contributed by atoms with Gasteiger partial charge >= 0.3 is 0 Å². The van der Waals surface area contributed by atoms with E-state index in [2.05, 4.69) is 33.2 Å². The third kappa shape index (κ3) is 5.51. The predicted molar refractivity (Wildman–Crippen MR) is 157 cm³/mol. The van der Waals surface area contributed by atoms with Crippen LogP contribution < -0.4 is 11.1 Å². The Morgan fingerprint density at radius 1 is 1.00 bits per heavy atom. The van der Waals surface area contributed by atoms with Gasteiger partial charge in [0.2, 0.25) is 5.91 Å². The molecule has 0 aliphatic heterocycles. The summed E-state index contributed by atoms with van der Waals surface area (Å²) in [6.07, 6.45) is 3.62. The number of anilines is 2. The van der Waals surface area contributed by atoms with Crippen LogP contribution >= 0.6 is 27.7 Å². The highest BCUT2D eigenvalue weighted by atomic mass is 79.9. The number of aromatic hydroxyl groups is 1. The standard InChI is InChI=1S/C30H25BrN4O2S/c1-2-3-20-8-13-23-25(16-17-33-30(23)34-20)35-28-26(38-22-11-9-21(36)10-12-22)15-14-24(29(32)37)27(28)18-4-6-19(31)7-5-18/h4-17,36H,2-3H2,1H3,(H2,32,37)(H,33,34,35). The van der Waals surface area contributed by atoms with E-state index in [1.807, 2.05) is 60.7 Å². The van der Waals surface area contributed by atoms with E-state index in [-0.39, 0.29) is 5.75 Å². The van der Waals surface area contributed by atoms with Gasteiger partial charge in [0.1, 0.15) is 5.75 Å². The number of phenolic OH excluding ortho intramolecular Hbond substituents is 1. The number of hydrogen-bond donors (Lipinski definition) is 3. The average molecular weight is 586 g/mol. The largest absolute Gasteiger partial charge is 0.508 e. The van der Waals surface area contributed by atoms with Gasteiger partial charge in [-0.05, 0) is 78.7 Å². The molecule has 0 aliphatic rings. The Kier molecular flexibility index (Phi) is 7.62. The predicted octanol–water partition coefficient (Wildman–Crippen LogP) is 7.71. The van der Waals surface area contributed by atoms with Crippen LogP contribution in [0.2, 0.25) is 0 Å². The molecule has 4 N–H and O–H groups in total. The third-order valence-corrected chi connectivity index (χ3v) is 7.65. The highest BCUT2D eigenvalue weighted by molar-refractivity contribution is 9.10. The lowest BCUT2D eigenvalue weighted by Crippen LogP contribution is -2.14. The maximum atomic E-state index is 12.6. The Morgan fingerprint density at radius 3 is 2.47 bits per heavy atom. The van der Waals surface area contributed by atoms with Gasteiger partial charge in [0, 0.05) is 42.7 Å². The molecule has 3 aromatic carbocycles. The van der Waals surface area contributed by atoms with Gasteiger partial charge in [0.15, 0.2) is 5.65 Å². The molecule has 5 aromatic rings. The number of primary amides is 1. The van der Waals surface area contributed by atoms with Crippen molar-refractivity contribution in [3.63, 3.8) is 0 Å². The van der Waals surface area contributed by atoms with Crippen LogP contribution in [0.25, 0.3) is 22.2 Å². The van der Waals surface area contributed by atoms with E-state index >= 15 is 0 Å². The number of rotatable bonds is 8. The maximum absolute atomic E-state index is 12.6. The van der Waals surface area contributed by atoms with Crippen LogP contribution in [0.3, 0.4) is 0 Å². The van der Waals surface area contributed by atoms with Crippen LogP contribution in [0.1, 0.15) is 29.4 Å². The van der Waals surface area contributed by atoms with Crippen molar-refractivity contribution in [2.75, 3.05) is 5.32 Å². The second-order valence-electron chi connectivity index (χ2n) is 8.74. The minimum atomic E-state index is -0.516. The van der Waals surface area contributed by atoms with Gasteiger partial charge in [-0.3, -0.25) is 4.79 Å². The number of carbonyl (C=O) groups excluding carboxylic acids is 1. The quantitative estimate of drug-likeness (QED) is 0.172. The Morgan fingerprint density at radius 2 is 1.76 bits per heavy atom. The van der Waals surface area contributed by atoms with Crippen LogP contribution in [0.15, 0.2) is 99.3 Å². The fourth-order valence-electron chi connectivity index (χ4n) is 4.26. The molecular weight excluding hydrogens is 560 g/mol. The lowest BCUT2D eigenvalue weighted by molar-refractivity contribution is 0.100. The molecule has 2 aromatic heterocycles. The number of aryl methyl sites for hydroxylation is 1. The van der Waals surface area contributed by atoms with E-state index in [0.29, 0.717) is 16.8 Å². The lowest BCUT2D eigenvalue weighted by Gasteiger charge is -2.20. The number of halogens is 1. The Bertz CT molecular complexity index is 1620. The van der Waals surface area contributed by atoms with Crippen molar-refractivity contribution in [2.45, 2.75) is 29.6 Å². The topological polar surface area (TPSA) is 101 Å². The van der Waals surface area contributed by atoms with Gasteiger partial charge in [0.05, 0.1) is 11.4 Å². The van der Waals surface area contributed by atoms with Crippen molar-refractivity contribution >= 4 is 56.0 Å². The summed E-state index contributed by atoms with van der Waals surface area (Å²) in [6.45, 7) is 2.12. The Hall–Kier alpha value is -3.88. The fraction of sp³-hybridized carbons (Fsp3) is 0.100. The van der Waals surface area contributed by atoms with Crippen molar-refractivity contribution in [3.05, 3.63) is 101 Å². The molecule has 8 heteroatoms. The third-order valence-electron chi connectivity index (χ3n) is 6.06. The Labute approximate surface area is 233 Å². The molecule has 0 bridgehead atoms. The highest BCUT2D eigenvalue weighted by Crippen LogP contribution is 2.44. The molecular formula is C30H25BrN4O2S. The maximum Gasteiger partial charge on any atom is 0.249 e. The van der Waals surface area contributed by atoms with Crippen molar-refractivity contribution in [1.29, 1.82) is 0 Å². The van der Waals surface area contributed by atoms with Gasteiger partial charge in [-0.15, -0.1) is 0 Å². The molecule has 0 aliphatic carbocycles. The second kappa shape index (κ2) is 11.2. The number of pyridine rings is 2. The van der Waals surface area contributed by atoms with E-state index < -0.39 is 5.91 Å². The van der Waals surface area contributed by atoms with E-state index in [0.717, 1.165) is 55.1 Å². The van der Waals surface area contributed by atoms with Crippen LogP contribution in [0, 0.1) is 0 Å². The zero-order chi connectivity index (χ0) is 26.6. The smallest absolute Gasteiger partial charge is 0.249 e. The normalized spacial score (nSPS) is 11.0. The summed E-state index contributed by atoms with van der Waals surface area (Å²) in [5, 5.41) is 14.2. The number of benzene rings is 3. The molecule has 0 saturated heterocycles. The molecule has 0 radical (unpaired) electrons. The molecule has 0 fully saturated rings. The van der Waals surface area contributed by atoms with Crippen LogP contribution in [-0.4, -0.2) is 21.0 Å². The monoisotopic (exact) mass is 584 g/mol. The summed E-state index contributed by atoms with van der Waals surface area (Å²) in [4.78, 5) is 23.7. The summed E-state index contributed by atoms with van der Waals surface area (Å²) in [7, 11) is 0. The molecule has 0 spiro atoms. The van der Waals surface area contributed by atoms with Crippen LogP contribution in [0.4, 0.5) is 11.4 Å². The van der Waals surface area contributed by atoms with Crippen molar-refractivity contribution in [3.8, 4) is 16.9 Å². The summed E-state index contributed by atoms with van der Waals surface area (Å²) in [5.41, 5.74) is 11.0. The van der Waals surface area contributed by atoms with Gasteiger partial charge in [-0.2, -0.15) is 0 Å². The highest BCUT2D eigenvalue weighted by Gasteiger charge is 2.20. The zero-order valence-electron chi connectivity index (χ0n) is 20.6. The number of aromatic nitrogens is 2. The first kappa shape index (κ1) is 25.8. The first-order chi connectivity index (χ1) is 18.4. The van der Waals surface area contributed by atoms with Gasteiger partial charge in [0.25, 0.3) is 0 Å². The number of fused-ring (bicyclic) bond motifs is 1. The van der Waals surface area contributed by atoms with E-state index in [1.165, 1.54) is 11.8 Å². The van der Waals surface area contributed by atoms with E-state index in [1.54, 1.807) is 24.4 Å². The number of nitrogens with one attached hydrogen (secondary N) is 1. The van der Waals surface area contributed by atoms with Crippen LogP contribution in [-0.2, 0) is 6.42 Å². The van der Waals surface area contributed by atoms with Crippen molar-refractivity contribution < 1.29 is 9.90 Å². The van der Waals surface area contributed by atoms with Crippen molar-refractivity contribution in [1.82, 2.24) is 9.97 Å². The first-order valence-corrected chi connectivity index (χ1v) is 13.7. The van der Waals surface area contributed by atoms with E-state index in [4.69, 9.17) is 10.7 Å². The van der Waals surface area contributed by atoms with Gasteiger partial charge in [-0.25, -0.2) is 9.97 Å². The molecule has 0 saturated carbocycles. The number of hydrogen-bond acceptors (Lipinski definition) is 6. The molecule has 38 heavy (non-hydrogen) atoms. The zero-order valence-corrected chi connectivity index (χ0v) is 23.0. The average Bonchev–Trinajstić information content (AvgIpc) is 2.91. The van der Waals surface area contributed by atoms with Crippen molar-refractivity contribution in [2.24, 2.45) is 5.73 Å². The minimum Gasteiger partial charge on any atom is -0.508 e. The molecule has 5 rings (SSSR count). The summed E-state index contributed by atoms with van der Waals surface area (Å²) >= 11 is 5.02. The molecule has 2 heterocycles. The summed E-state index contributed by atoms with van der Waals surface area (Å²) in [5.74, 6) is -0.317. The summed E-state index contributed by atoms with van der Waals surface area (Å²) in [6, 6.07) is 24.4. The van der Waals surface area contributed by atoms with E-state index in [9.17, 15) is 9.90 Å². The molecule has 0 unspecified atom stereocenters. The minimum absolute atomic E-state index is 0.200. The fourth-order valence-corrected chi connectivity index (χ4v) is 5.44. The first-order valence-electron chi connectivity index (χ1n) is 12.1.